The number of hydrogen-bond donors (Lipinski definition) is 3. The molecule has 34 heavy (non-hydrogen) atoms. The van der Waals surface area contributed by atoms with Crippen LogP contribution >= 0.6 is 0 Å². The molecule has 0 radical (unpaired) electrons. The van der Waals surface area contributed by atoms with Crippen molar-refractivity contribution in [1.29, 1.82) is 0 Å². The number of halogens is 1. The predicted octanol–water partition coefficient (Wildman–Crippen LogP) is 4.41. The van der Waals surface area contributed by atoms with Crippen molar-refractivity contribution < 1.29 is 4.39 Å². The zero-order valence-corrected chi connectivity index (χ0v) is 18.6. The van der Waals surface area contributed by atoms with Gasteiger partial charge in [-0.15, -0.1) is 0 Å². The Morgan fingerprint density at radius 1 is 0.941 bits per heavy atom. The largest absolute Gasteiger partial charge is 0.367 e. The van der Waals surface area contributed by atoms with Crippen LogP contribution in [0.3, 0.4) is 0 Å². The predicted molar refractivity (Wildman–Crippen MR) is 130 cm³/mol. The second-order valence-electron chi connectivity index (χ2n) is 8.85. The van der Waals surface area contributed by atoms with Crippen LogP contribution in [0.2, 0.25) is 0 Å². The SMILES string of the molecule is Fc1cccnc1Nc1cc(-c2nc(NC3CCNCC3)c3c(C4CC4)cncc3n2)ccn1. The molecule has 9 heteroatoms. The van der Waals surface area contributed by atoms with Crippen molar-refractivity contribution in [3.63, 3.8) is 0 Å². The third-order valence-corrected chi connectivity index (χ3v) is 6.36. The van der Waals surface area contributed by atoms with Gasteiger partial charge in [0.1, 0.15) is 11.6 Å². The molecule has 6 rings (SSSR count). The lowest BCUT2D eigenvalue weighted by atomic mass is 10.0. The molecule has 172 valence electrons. The van der Waals surface area contributed by atoms with E-state index in [1.165, 1.54) is 30.7 Å². The van der Waals surface area contributed by atoms with Gasteiger partial charge in [0.05, 0.1) is 11.7 Å². The van der Waals surface area contributed by atoms with Gasteiger partial charge in [-0.05, 0) is 74.5 Å². The van der Waals surface area contributed by atoms with E-state index in [2.05, 4.69) is 30.9 Å². The van der Waals surface area contributed by atoms with E-state index in [1.807, 2.05) is 24.5 Å². The number of pyridine rings is 3. The van der Waals surface area contributed by atoms with E-state index in [0.29, 0.717) is 23.6 Å². The minimum atomic E-state index is -0.441. The van der Waals surface area contributed by atoms with Crippen LogP contribution in [0, 0.1) is 5.82 Å². The van der Waals surface area contributed by atoms with Crippen LogP contribution < -0.4 is 16.0 Å². The first-order valence-electron chi connectivity index (χ1n) is 11.7. The highest BCUT2D eigenvalue weighted by molar-refractivity contribution is 5.93. The number of nitrogens with one attached hydrogen (secondary N) is 3. The van der Waals surface area contributed by atoms with Gasteiger partial charge < -0.3 is 16.0 Å². The standard InChI is InChI=1S/C25H25FN8/c26-19-2-1-8-30-24(19)33-21-12-16(5-11-29-21)23-32-20-14-28-13-18(15-3-4-15)22(20)25(34-23)31-17-6-9-27-10-7-17/h1-2,5,8,11-15,17,27H,3-4,6-7,9-10H2,(H,29,30,33)(H,31,32,34). The zero-order valence-electron chi connectivity index (χ0n) is 18.6. The van der Waals surface area contributed by atoms with E-state index in [9.17, 15) is 4.39 Å². The van der Waals surface area contributed by atoms with Crippen molar-refractivity contribution in [3.05, 3.63) is 60.4 Å². The molecule has 5 heterocycles. The summed E-state index contributed by atoms with van der Waals surface area (Å²) in [4.78, 5) is 22.7. The molecule has 0 bridgehead atoms. The Balaban J connectivity index is 1.40. The smallest absolute Gasteiger partial charge is 0.167 e. The van der Waals surface area contributed by atoms with Crippen molar-refractivity contribution in [3.8, 4) is 11.4 Å². The first kappa shape index (κ1) is 20.9. The topological polar surface area (TPSA) is 101 Å². The summed E-state index contributed by atoms with van der Waals surface area (Å²) < 4.78 is 14.1. The number of nitrogens with zero attached hydrogens (tertiary/aromatic N) is 5. The van der Waals surface area contributed by atoms with Gasteiger partial charge in [0.2, 0.25) is 0 Å². The second-order valence-corrected chi connectivity index (χ2v) is 8.85. The van der Waals surface area contributed by atoms with Crippen LogP contribution in [0.25, 0.3) is 22.3 Å². The molecule has 1 saturated heterocycles. The summed E-state index contributed by atoms with van der Waals surface area (Å²) in [6, 6.07) is 6.92. The lowest BCUT2D eigenvalue weighted by Crippen LogP contribution is -2.35. The second kappa shape index (κ2) is 8.90. The van der Waals surface area contributed by atoms with Gasteiger partial charge in [0.25, 0.3) is 0 Å². The molecule has 2 fully saturated rings. The first-order chi connectivity index (χ1) is 16.7. The molecule has 4 aromatic rings. The fraction of sp³-hybridized carbons (Fsp3) is 0.320. The Hall–Kier alpha value is -3.72. The minimum Gasteiger partial charge on any atom is -0.367 e. The summed E-state index contributed by atoms with van der Waals surface area (Å²) >= 11 is 0. The van der Waals surface area contributed by atoms with E-state index in [-0.39, 0.29) is 5.82 Å². The van der Waals surface area contributed by atoms with Gasteiger partial charge in [-0.3, -0.25) is 4.98 Å². The van der Waals surface area contributed by atoms with Crippen molar-refractivity contribution in [2.75, 3.05) is 23.7 Å². The zero-order chi connectivity index (χ0) is 22.9. The van der Waals surface area contributed by atoms with E-state index in [4.69, 9.17) is 9.97 Å². The van der Waals surface area contributed by atoms with Crippen LogP contribution in [0.5, 0.6) is 0 Å². The lowest BCUT2D eigenvalue weighted by molar-refractivity contribution is 0.478. The number of anilines is 3. The molecule has 8 nitrogen and oxygen atoms in total. The molecule has 0 atom stereocenters. The highest BCUT2D eigenvalue weighted by atomic mass is 19.1. The van der Waals surface area contributed by atoms with Crippen molar-refractivity contribution in [2.45, 2.75) is 37.6 Å². The normalized spacial score (nSPS) is 16.5. The molecule has 0 unspecified atom stereocenters. The van der Waals surface area contributed by atoms with Gasteiger partial charge in [0.15, 0.2) is 17.5 Å². The summed E-state index contributed by atoms with van der Waals surface area (Å²) in [5.74, 6) is 2.12. The highest BCUT2D eigenvalue weighted by Gasteiger charge is 2.28. The van der Waals surface area contributed by atoms with Crippen molar-refractivity contribution in [1.82, 2.24) is 30.2 Å². The molecule has 4 aromatic heterocycles. The molecule has 2 aliphatic rings. The Morgan fingerprint density at radius 3 is 2.65 bits per heavy atom. The summed E-state index contributed by atoms with van der Waals surface area (Å²) in [5, 5.41) is 11.1. The van der Waals surface area contributed by atoms with Crippen LogP contribution in [-0.4, -0.2) is 44.1 Å². The third kappa shape index (κ3) is 4.26. The Morgan fingerprint density at radius 2 is 1.82 bits per heavy atom. The van der Waals surface area contributed by atoms with Gasteiger partial charge >= 0.3 is 0 Å². The molecule has 1 aliphatic carbocycles. The van der Waals surface area contributed by atoms with Gasteiger partial charge in [-0.2, -0.15) is 0 Å². The number of piperidine rings is 1. The van der Waals surface area contributed by atoms with Gasteiger partial charge in [-0.1, -0.05) is 0 Å². The molecule has 0 spiro atoms. The Bertz CT molecular complexity index is 1330. The van der Waals surface area contributed by atoms with Crippen LogP contribution in [0.4, 0.5) is 21.8 Å². The monoisotopic (exact) mass is 456 g/mol. The molecule has 1 aliphatic heterocycles. The minimum absolute atomic E-state index is 0.123. The molecule has 0 aromatic carbocycles. The number of rotatable bonds is 6. The summed E-state index contributed by atoms with van der Waals surface area (Å²) in [6.07, 6.45) is 11.4. The fourth-order valence-electron chi connectivity index (χ4n) is 4.44. The maximum absolute atomic E-state index is 14.1. The molecular formula is C25H25FN8. The average molecular weight is 457 g/mol. The summed E-state index contributed by atoms with van der Waals surface area (Å²) in [6.45, 7) is 1.99. The van der Waals surface area contributed by atoms with Gasteiger partial charge in [-0.25, -0.2) is 24.3 Å². The van der Waals surface area contributed by atoms with E-state index in [1.54, 1.807) is 12.3 Å². The van der Waals surface area contributed by atoms with Crippen LogP contribution in [0.15, 0.2) is 49.1 Å². The number of hydrogen-bond acceptors (Lipinski definition) is 8. The average Bonchev–Trinajstić information content (AvgIpc) is 3.71. The lowest BCUT2D eigenvalue weighted by Gasteiger charge is -2.25. The van der Waals surface area contributed by atoms with E-state index in [0.717, 1.165) is 48.2 Å². The van der Waals surface area contributed by atoms with Crippen LogP contribution in [0.1, 0.15) is 37.2 Å². The first-order valence-corrected chi connectivity index (χ1v) is 11.7. The van der Waals surface area contributed by atoms with Crippen molar-refractivity contribution in [2.24, 2.45) is 0 Å². The van der Waals surface area contributed by atoms with E-state index < -0.39 is 5.82 Å². The third-order valence-electron chi connectivity index (χ3n) is 6.36. The molecule has 0 amide bonds. The molecular weight excluding hydrogens is 431 g/mol. The van der Waals surface area contributed by atoms with Crippen LogP contribution in [-0.2, 0) is 0 Å². The molecule has 3 N–H and O–H groups in total. The Labute approximate surface area is 196 Å². The number of aromatic nitrogens is 5. The quantitative estimate of drug-likeness (QED) is 0.392. The number of fused-ring (bicyclic) bond motifs is 1. The highest BCUT2D eigenvalue weighted by Crippen LogP contribution is 2.44. The van der Waals surface area contributed by atoms with Gasteiger partial charge in [0, 0.05) is 35.6 Å². The maximum Gasteiger partial charge on any atom is 0.167 e. The Kier molecular flexibility index (Phi) is 5.46. The van der Waals surface area contributed by atoms with Crippen molar-refractivity contribution >= 4 is 28.4 Å². The fourth-order valence-corrected chi connectivity index (χ4v) is 4.44. The molecule has 1 saturated carbocycles. The van der Waals surface area contributed by atoms with E-state index >= 15 is 0 Å². The summed E-state index contributed by atoms with van der Waals surface area (Å²) in [7, 11) is 0. The summed E-state index contributed by atoms with van der Waals surface area (Å²) in [5.41, 5.74) is 2.83. The maximum atomic E-state index is 14.1.